The number of rotatable bonds is 7. The Morgan fingerprint density at radius 2 is 1.85 bits per heavy atom. The number of pyridine rings is 1. The van der Waals surface area contributed by atoms with Crippen molar-refractivity contribution >= 4 is 50.7 Å². The minimum Gasteiger partial charge on any atom is -0.472 e. The average Bonchev–Trinajstić information content (AvgIpc) is 4.05. The molecule has 14 heteroatoms. The van der Waals surface area contributed by atoms with Crippen LogP contribution in [0.3, 0.4) is 0 Å². The molecule has 1 saturated heterocycles. The lowest BCUT2D eigenvalue weighted by Gasteiger charge is -2.32. The van der Waals surface area contributed by atoms with E-state index in [0.717, 1.165) is 27.5 Å². The maximum Gasteiger partial charge on any atom is 0.407 e. The lowest BCUT2D eigenvalue weighted by atomic mass is 9.95. The van der Waals surface area contributed by atoms with Gasteiger partial charge in [0.2, 0.25) is 27.7 Å². The van der Waals surface area contributed by atoms with Gasteiger partial charge in [-0.25, -0.2) is 18.2 Å². The van der Waals surface area contributed by atoms with E-state index in [1.54, 1.807) is 6.20 Å². The Bertz CT molecular complexity index is 2140. The van der Waals surface area contributed by atoms with Gasteiger partial charge in [-0.2, -0.15) is 0 Å². The number of hydrogen-bond acceptors (Lipinski definition) is 9. The fourth-order valence-electron chi connectivity index (χ4n) is 8.05. The molecule has 0 radical (unpaired) electrons. The average molecular weight is 754 g/mol. The van der Waals surface area contributed by atoms with Gasteiger partial charge in [-0.3, -0.25) is 19.1 Å². The van der Waals surface area contributed by atoms with Gasteiger partial charge in [-0.1, -0.05) is 54.6 Å². The van der Waals surface area contributed by atoms with E-state index >= 15 is 0 Å². The minimum atomic E-state index is -3.90. The first-order valence-electron chi connectivity index (χ1n) is 18.6. The second-order valence-corrected chi connectivity index (χ2v) is 17.0. The standard InChI is InChI=1S/C40H43N5O8S/c1-2-29-22-40(29,38(48)44-54(50,51)31-13-14-31)43-35(46)33-21-30-23-45(33)37(47)34(28-19-26-9-5-6-10-27(26)20-28)42-39(49)52-17-7-3-4-8-24-11-12-25-15-16-41-36(53-30)32(25)18-24/h2,4-6,8-12,15-16,18,28-31,33-34H,1,3,7,13-14,17,19-23H2,(H,42,49)(H,43,46)(H,44,48)/b8-4+/t29-,30-,33+,34-,40?/m1/s1. The molecule has 4 bridgehead atoms. The van der Waals surface area contributed by atoms with E-state index in [1.807, 2.05) is 60.7 Å². The summed E-state index contributed by atoms with van der Waals surface area (Å²) in [5, 5.41) is 6.72. The van der Waals surface area contributed by atoms with Crippen LogP contribution in [0.15, 0.2) is 73.5 Å². The second-order valence-electron chi connectivity index (χ2n) is 15.0. The summed E-state index contributed by atoms with van der Waals surface area (Å²) < 4.78 is 39.8. The summed E-state index contributed by atoms with van der Waals surface area (Å²) in [7, 11) is -3.90. The summed E-state index contributed by atoms with van der Waals surface area (Å²) in [6, 6.07) is 13.5. The van der Waals surface area contributed by atoms with Gasteiger partial charge in [0, 0.05) is 23.9 Å². The fourth-order valence-corrected chi connectivity index (χ4v) is 9.42. The fraction of sp³-hybridized carbons (Fsp3) is 0.425. The summed E-state index contributed by atoms with van der Waals surface area (Å²) >= 11 is 0. The number of hydrogen-bond donors (Lipinski definition) is 3. The van der Waals surface area contributed by atoms with E-state index in [-0.39, 0.29) is 31.9 Å². The van der Waals surface area contributed by atoms with E-state index in [9.17, 15) is 27.6 Å². The van der Waals surface area contributed by atoms with Gasteiger partial charge in [0.1, 0.15) is 23.7 Å². The van der Waals surface area contributed by atoms with Crippen LogP contribution in [0.4, 0.5) is 4.79 Å². The van der Waals surface area contributed by atoms with Crippen molar-refractivity contribution in [2.75, 3.05) is 13.2 Å². The number of carbonyl (C=O) groups is 4. The number of carbonyl (C=O) groups excluding carboxylic acids is 4. The van der Waals surface area contributed by atoms with Gasteiger partial charge in [0.05, 0.1) is 18.4 Å². The SMILES string of the molecule is C=C[C@@H]1CC1(NC(=O)[C@@H]1C[C@@H]2CN1C(=O)[C@@H](C1Cc3ccccc3C1)NC(=O)OCCC/C=C/c1ccc3ccnc(c3c1)O2)C(=O)NS(=O)(=O)C1CC1. The minimum absolute atomic E-state index is 0.0123. The third-order valence-electron chi connectivity index (χ3n) is 11.3. The second kappa shape index (κ2) is 14.2. The summed E-state index contributed by atoms with van der Waals surface area (Å²) in [5.74, 6) is -2.44. The summed E-state index contributed by atoms with van der Waals surface area (Å²) in [6.45, 7) is 3.93. The molecule has 282 valence electrons. The van der Waals surface area contributed by atoms with Crippen molar-refractivity contribution < 1.29 is 37.1 Å². The van der Waals surface area contributed by atoms with Crippen LogP contribution in [0.5, 0.6) is 5.88 Å². The molecule has 5 aliphatic rings. The molecule has 3 aromatic rings. The van der Waals surface area contributed by atoms with Gasteiger partial charge < -0.3 is 25.0 Å². The smallest absolute Gasteiger partial charge is 0.407 e. The normalized spacial score (nSPS) is 27.8. The molecular weight excluding hydrogens is 711 g/mol. The number of nitrogens with zero attached hydrogens (tertiary/aromatic N) is 2. The topological polar surface area (TPSA) is 173 Å². The Hall–Kier alpha value is -5.24. The van der Waals surface area contributed by atoms with E-state index in [4.69, 9.17) is 9.47 Å². The maximum atomic E-state index is 14.9. The van der Waals surface area contributed by atoms with Crippen molar-refractivity contribution in [1.29, 1.82) is 0 Å². The highest BCUT2D eigenvalue weighted by atomic mass is 32.2. The monoisotopic (exact) mass is 753 g/mol. The highest BCUT2D eigenvalue weighted by molar-refractivity contribution is 7.91. The third-order valence-corrected chi connectivity index (χ3v) is 13.1. The third kappa shape index (κ3) is 7.06. The van der Waals surface area contributed by atoms with Crippen molar-refractivity contribution in [2.24, 2.45) is 11.8 Å². The molecule has 2 aliphatic heterocycles. The molecule has 1 unspecified atom stereocenters. The molecule has 3 N–H and O–H groups in total. The van der Waals surface area contributed by atoms with Crippen LogP contribution in [0, 0.1) is 11.8 Å². The molecule has 8 rings (SSSR count). The molecule has 3 heterocycles. The predicted octanol–water partition coefficient (Wildman–Crippen LogP) is 3.57. The molecule has 3 aliphatic carbocycles. The van der Waals surface area contributed by atoms with Crippen LogP contribution in [0.2, 0.25) is 0 Å². The van der Waals surface area contributed by atoms with Crippen LogP contribution >= 0.6 is 0 Å². The molecule has 2 saturated carbocycles. The van der Waals surface area contributed by atoms with E-state index in [0.29, 0.717) is 44.4 Å². The number of ether oxygens (including phenoxy) is 2. The highest BCUT2D eigenvalue weighted by Crippen LogP contribution is 2.45. The number of alkyl carbamates (subject to hydrolysis) is 1. The Morgan fingerprint density at radius 3 is 2.57 bits per heavy atom. The van der Waals surface area contributed by atoms with Crippen molar-refractivity contribution in [3.05, 3.63) is 90.1 Å². The van der Waals surface area contributed by atoms with Crippen LogP contribution in [-0.2, 0) is 42.0 Å². The molecule has 54 heavy (non-hydrogen) atoms. The summed E-state index contributed by atoms with van der Waals surface area (Å²) in [6.07, 6.45) is 9.16. The molecule has 1 aromatic heterocycles. The summed E-state index contributed by atoms with van der Waals surface area (Å²) in [5.41, 5.74) is 1.53. The Morgan fingerprint density at radius 1 is 1.07 bits per heavy atom. The predicted molar refractivity (Wildman–Crippen MR) is 199 cm³/mol. The van der Waals surface area contributed by atoms with E-state index in [2.05, 4.69) is 26.9 Å². The Labute approximate surface area is 313 Å². The van der Waals surface area contributed by atoms with Crippen LogP contribution < -0.4 is 20.1 Å². The molecule has 0 spiro atoms. The Balaban J connectivity index is 1.13. The first-order chi connectivity index (χ1) is 26.0. The number of allylic oxidation sites excluding steroid dienone is 1. The van der Waals surface area contributed by atoms with Crippen LogP contribution in [0.25, 0.3) is 16.8 Å². The number of benzene rings is 2. The molecular formula is C40H43N5O8S. The molecule has 2 aromatic carbocycles. The molecule has 3 fully saturated rings. The first-order valence-corrected chi connectivity index (χ1v) is 20.1. The van der Waals surface area contributed by atoms with Crippen molar-refractivity contribution in [3.63, 3.8) is 0 Å². The lowest BCUT2D eigenvalue weighted by Crippen LogP contribution is -2.59. The van der Waals surface area contributed by atoms with Gasteiger partial charge in [0.15, 0.2) is 0 Å². The zero-order valence-electron chi connectivity index (χ0n) is 29.7. The number of fused-ring (bicyclic) bond motifs is 4. The van der Waals surface area contributed by atoms with Gasteiger partial charge in [-0.15, -0.1) is 6.58 Å². The van der Waals surface area contributed by atoms with Crippen LogP contribution in [-0.4, -0.2) is 84.2 Å². The highest BCUT2D eigenvalue weighted by Gasteiger charge is 2.62. The zero-order chi connectivity index (χ0) is 37.6. The van der Waals surface area contributed by atoms with E-state index < -0.39 is 68.7 Å². The number of amides is 4. The van der Waals surface area contributed by atoms with Crippen LogP contribution in [0.1, 0.15) is 55.2 Å². The molecule has 5 atom stereocenters. The number of cyclic esters (lactones) is 1. The van der Waals surface area contributed by atoms with Crippen molar-refractivity contribution in [1.82, 2.24) is 25.2 Å². The summed E-state index contributed by atoms with van der Waals surface area (Å²) in [4.78, 5) is 62.1. The number of nitrogens with one attached hydrogen (secondary N) is 3. The molecule has 4 amide bonds. The number of aromatic nitrogens is 1. The maximum absolute atomic E-state index is 14.9. The quantitative estimate of drug-likeness (QED) is 0.305. The zero-order valence-corrected chi connectivity index (χ0v) is 30.6. The Kier molecular flexibility index (Phi) is 9.41. The first kappa shape index (κ1) is 35.8. The lowest BCUT2D eigenvalue weighted by molar-refractivity contribution is -0.142. The van der Waals surface area contributed by atoms with Crippen molar-refractivity contribution in [3.8, 4) is 5.88 Å². The van der Waals surface area contributed by atoms with Gasteiger partial charge >= 0.3 is 6.09 Å². The van der Waals surface area contributed by atoms with Gasteiger partial charge in [-0.05, 0) is 85.1 Å². The van der Waals surface area contributed by atoms with Gasteiger partial charge in [0.25, 0.3) is 5.91 Å². The number of sulfonamides is 1. The molecule has 13 nitrogen and oxygen atoms in total. The largest absolute Gasteiger partial charge is 0.472 e. The van der Waals surface area contributed by atoms with E-state index in [1.165, 1.54) is 11.0 Å². The van der Waals surface area contributed by atoms with Crippen molar-refractivity contribution in [2.45, 2.75) is 80.3 Å².